The number of amides is 1. The summed E-state index contributed by atoms with van der Waals surface area (Å²) in [5, 5.41) is 9.05. The van der Waals surface area contributed by atoms with Gasteiger partial charge >= 0.3 is 6.09 Å². The molecular formula is C14H18BrNO6S. The number of carboxylic acid groups (broad SMARTS) is 1. The summed E-state index contributed by atoms with van der Waals surface area (Å²) in [4.78, 5) is 12.3. The van der Waals surface area contributed by atoms with Crippen molar-refractivity contribution in [1.82, 2.24) is 4.90 Å². The SMILES string of the molecule is CC[C@H](OS(=O)(=O)c1ccc(Br)cc1)[C@H]1CN(C(=O)O)CCO1. The van der Waals surface area contributed by atoms with Gasteiger partial charge in [0, 0.05) is 11.0 Å². The third-order valence-electron chi connectivity index (χ3n) is 3.53. The van der Waals surface area contributed by atoms with Gasteiger partial charge in [-0.2, -0.15) is 8.42 Å². The Morgan fingerprint density at radius 3 is 2.70 bits per heavy atom. The molecule has 1 aliphatic rings. The minimum absolute atomic E-state index is 0.0463. The van der Waals surface area contributed by atoms with Crippen molar-refractivity contribution in [2.75, 3.05) is 19.7 Å². The lowest BCUT2D eigenvalue weighted by Gasteiger charge is -2.34. The molecule has 1 N–H and O–H groups in total. The standard InChI is InChI=1S/C14H18BrNO6S/c1-2-12(13-9-16(14(17)18)7-8-21-13)22-23(19,20)11-5-3-10(15)4-6-11/h3-6,12-13H,2,7-9H2,1H3,(H,17,18)/t12-,13+/m0/s1. The largest absolute Gasteiger partial charge is 0.465 e. The molecule has 1 fully saturated rings. The van der Waals surface area contributed by atoms with Crippen LogP contribution in [0.15, 0.2) is 33.6 Å². The number of rotatable bonds is 5. The number of carbonyl (C=O) groups is 1. The molecule has 1 saturated heterocycles. The van der Waals surface area contributed by atoms with Crippen molar-refractivity contribution < 1.29 is 27.2 Å². The van der Waals surface area contributed by atoms with E-state index in [2.05, 4.69) is 15.9 Å². The van der Waals surface area contributed by atoms with E-state index < -0.39 is 28.4 Å². The van der Waals surface area contributed by atoms with Crippen molar-refractivity contribution in [3.63, 3.8) is 0 Å². The van der Waals surface area contributed by atoms with Crippen LogP contribution in [0.5, 0.6) is 0 Å². The molecule has 2 atom stereocenters. The first-order valence-corrected chi connectivity index (χ1v) is 9.32. The maximum absolute atomic E-state index is 12.3. The van der Waals surface area contributed by atoms with Gasteiger partial charge in [0.15, 0.2) is 0 Å². The van der Waals surface area contributed by atoms with Crippen molar-refractivity contribution in [3.8, 4) is 0 Å². The van der Waals surface area contributed by atoms with Crippen LogP contribution in [0, 0.1) is 0 Å². The van der Waals surface area contributed by atoms with Crippen molar-refractivity contribution in [2.24, 2.45) is 0 Å². The van der Waals surface area contributed by atoms with Gasteiger partial charge in [0.2, 0.25) is 0 Å². The van der Waals surface area contributed by atoms with E-state index in [0.29, 0.717) is 6.42 Å². The van der Waals surface area contributed by atoms with Gasteiger partial charge in [-0.25, -0.2) is 4.79 Å². The van der Waals surface area contributed by atoms with E-state index in [1.165, 1.54) is 17.0 Å². The maximum Gasteiger partial charge on any atom is 0.407 e. The quantitative estimate of drug-likeness (QED) is 0.752. The average molecular weight is 408 g/mol. The Morgan fingerprint density at radius 1 is 1.48 bits per heavy atom. The summed E-state index contributed by atoms with van der Waals surface area (Å²) >= 11 is 3.24. The van der Waals surface area contributed by atoms with Gasteiger partial charge in [0.1, 0.15) is 12.2 Å². The monoisotopic (exact) mass is 407 g/mol. The molecule has 0 radical (unpaired) electrons. The van der Waals surface area contributed by atoms with Gasteiger partial charge in [-0.05, 0) is 30.7 Å². The van der Waals surface area contributed by atoms with Crippen LogP contribution in [0.4, 0.5) is 4.79 Å². The molecule has 0 aliphatic carbocycles. The highest BCUT2D eigenvalue weighted by Gasteiger charge is 2.33. The first-order chi connectivity index (χ1) is 10.8. The normalized spacial score (nSPS) is 20.3. The maximum atomic E-state index is 12.3. The van der Waals surface area contributed by atoms with Crippen LogP contribution in [0.1, 0.15) is 13.3 Å². The summed E-state index contributed by atoms with van der Waals surface area (Å²) in [6.07, 6.45) is -2.03. The Labute approximate surface area is 143 Å². The molecular weight excluding hydrogens is 390 g/mol. The fraction of sp³-hybridized carbons (Fsp3) is 0.500. The fourth-order valence-corrected chi connectivity index (χ4v) is 3.72. The second-order valence-electron chi connectivity index (χ2n) is 5.09. The lowest BCUT2D eigenvalue weighted by Crippen LogP contribution is -2.50. The molecule has 9 heteroatoms. The highest BCUT2D eigenvalue weighted by atomic mass is 79.9. The van der Waals surface area contributed by atoms with Crippen LogP contribution >= 0.6 is 15.9 Å². The molecule has 23 heavy (non-hydrogen) atoms. The van der Waals surface area contributed by atoms with Crippen LogP contribution in [0.25, 0.3) is 0 Å². The Morgan fingerprint density at radius 2 is 2.13 bits per heavy atom. The topological polar surface area (TPSA) is 93.1 Å². The minimum Gasteiger partial charge on any atom is -0.465 e. The third kappa shape index (κ3) is 4.66. The molecule has 0 unspecified atom stereocenters. The molecule has 1 aromatic carbocycles. The van der Waals surface area contributed by atoms with E-state index >= 15 is 0 Å². The highest BCUT2D eigenvalue weighted by Crippen LogP contribution is 2.22. The Kier molecular flexibility index (Phi) is 6.01. The Bertz CT molecular complexity index is 648. The van der Waals surface area contributed by atoms with Gasteiger partial charge < -0.3 is 14.7 Å². The number of morpholine rings is 1. The average Bonchev–Trinajstić information content (AvgIpc) is 2.53. The lowest BCUT2D eigenvalue weighted by atomic mass is 10.1. The van der Waals surface area contributed by atoms with E-state index in [0.717, 1.165) is 4.47 Å². The fourth-order valence-electron chi connectivity index (χ4n) is 2.29. The molecule has 1 heterocycles. The van der Waals surface area contributed by atoms with Crippen molar-refractivity contribution in [1.29, 1.82) is 0 Å². The zero-order chi connectivity index (χ0) is 17.0. The smallest absolute Gasteiger partial charge is 0.407 e. The number of hydrogen-bond donors (Lipinski definition) is 1. The molecule has 0 aromatic heterocycles. The number of halogens is 1. The zero-order valence-electron chi connectivity index (χ0n) is 12.5. The molecule has 2 rings (SSSR count). The summed E-state index contributed by atoms with van der Waals surface area (Å²) in [7, 11) is -3.94. The molecule has 1 aromatic rings. The number of hydrogen-bond acceptors (Lipinski definition) is 5. The van der Waals surface area contributed by atoms with Crippen LogP contribution in [0.3, 0.4) is 0 Å². The molecule has 7 nitrogen and oxygen atoms in total. The van der Waals surface area contributed by atoms with Crippen molar-refractivity contribution in [2.45, 2.75) is 30.4 Å². The van der Waals surface area contributed by atoms with Gasteiger partial charge in [0.25, 0.3) is 10.1 Å². The Balaban J connectivity index is 2.12. The highest BCUT2D eigenvalue weighted by molar-refractivity contribution is 9.10. The number of ether oxygens (including phenoxy) is 1. The molecule has 1 amide bonds. The van der Waals surface area contributed by atoms with Crippen LogP contribution < -0.4 is 0 Å². The summed E-state index contributed by atoms with van der Waals surface area (Å²) in [6.45, 7) is 2.34. The van der Waals surface area contributed by atoms with Crippen molar-refractivity contribution in [3.05, 3.63) is 28.7 Å². The zero-order valence-corrected chi connectivity index (χ0v) is 14.9. The summed E-state index contributed by atoms with van der Waals surface area (Å²) in [5.41, 5.74) is 0. The van der Waals surface area contributed by atoms with E-state index in [1.807, 2.05) is 0 Å². The molecule has 1 aliphatic heterocycles. The van der Waals surface area contributed by atoms with E-state index in [-0.39, 0.29) is 24.6 Å². The van der Waals surface area contributed by atoms with E-state index in [4.69, 9.17) is 14.0 Å². The number of nitrogens with zero attached hydrogens (tertiary/aromatic N) is 1. The van der Waals surface area contributed by atoms with Gasteiger partial charge in [-0.3, -0.25) is 4.18 Å². The summed E-state index contributed by atoms with van der Waals surface area (Å²) < 4.78 is 36.3. The molecule has 128 valence electrons. The predicted molar refractivity (Wildman–Crippen MR) is 85.8 cm³/mol. The second-order valence-corrected chi connectivity index (χ2v) is 7.58. The second kappa shape index (κ2) is 7.61. The van der Waals surface area contributed by atoms with E-state index in [1.54, 1.807) is 19.1 Å². The summed E-state index contributed by atoms with van der Waals surface area (Å²) in [5.74, 6) is 0. The van der Waals surface area contributed by atoms with E-state index in [9.17, 15) is 13.2 Å². The predicted octanol–water partition coefficient (Wildman–Crippen LogP) is 2.31. The number of benzene rings is 1. The minimum atomic E-state index is -3.94. The van der Waals surface area contributed by atoms with Crippen LogP contribution in [-0.4, -0.2) is 56.4 Å². The lowest BCUT2D eigenvalue weighted by molar-refractivity contribution is -0.0730. The van der Waals surface area contributed by atoms with Crippen LogP contribution in [-0.2, 0) is 19.0 Å². The van der Waals surface area contributed by atoms with Gasteiger partial charge in [-0.15, -0.1) is 0 Å². The van der Waals surface area contributed by atoms with Crippen LogP contribution in [0.2, 0.25) is 0 Å². The van der Waals surface area contributed by atoms with Crippen molar-refractivity contribution >= 4 is 32.1 Å². The molecule has 0 bridgehead atoms. The molecule has 0 spiro atoms. The first kappa shape index (κ1) is 18.2. The summed E-state index contributed by atoms with van der Waals surface area (Å²) in [6, 6.07) is 6.11. The van der Waals surface area contributed by atoms with Gasteiger partial charge in [0.05, 0.1) is 18.0 Å². The molecule has 0 saturated carbocycles. The third-order valence-corrected chi connectivity index (χ3v) is 5.41. The van der Waals surface area contributed by atoms with Gasteiger partial charge in [-0.1, -0.05) is 22.9 Å². The Hall–Kier alpha value is -1.16. The first-order valence-electron chi connectivity index (χ1n) is 7.12.